The minimum Gasteiger partial charge on any atom is -0.352 e. The average molecular weight is 479 g/mol. The fraction of sp³-hybridized carbons (Fsp3) is 0.417. The first-order chi connectivity index (χ1) is 14.9. The summed E-state index contributed by atoms with van der Waals surface area (Å²) in [7, 11) is 0. The Morgan fingerprint density at radius 2 is 1.61 bits per heavy atom. The van der Waals surface area contributed by atoms with Crippen molar-refractivity contribution in [3.05, 3.63) is 64.1 Å². The summed E-state index contributed by atoms with van der Waals surface area (Å²) in [6.07, 6.45) is 4.67. The molecule has 0 bridgehead atoms. The van der Waals surface area contributed by atoms with E-state index in [2.05, 4.69) is 5.32 Å². The van der Waals surface area contributed by atoms with Gasteiger partial charge in [0, 0.05) is 39.7 Å². The number of nitrogens with one attached hydrogen (secondary N) is 1. The maximum Gasteiger partial charge on any atom is 0.242 e. The predicted octanol–water partition coefficient (Wildman–Crippen LogP) is 5.95. The Balaban J connectivity index is 1.64. The van der Waals surface area contributed by atoms with Crippen molar-refractivity contribution in [3.63, 3.8) is 0 Å². The van der Waals surface area contributed by atoms with Gasteiger partial charge in [0.25, 0.3) is 0 Å². The molecule has 0 aromatic heterocycles. The molecule has 2 amide bonds. The highest BCUT2D eigenvalue weighted by Crippen LogP contribution is 2.23. The Kier molecular flexibility index (Phi) is 9.12. The van der Waals surface area contributed by atoms with Crippen molar-refractivity contribution in [1.29, 1.82) is 0 Å². The zero-order chi connectivity index (χ0) is 22.2. The highest BCUT2D eigenvalue weighted by atomic mass is 35.5. The summed E-state index contributed by atoms with van der Waals surface area (Å²) in [5.74, 6) is 0.513. The second-order valence-corrected chi connectivity index (χ2v) is 9.91. The van der Waals surface area contributed by atoms with Gasteiger partial charge in [-0.3, -0.25) is 9.59 Å². The van der Waals surface area contributed by atoms with Crippen LogP contribution in [0.5, 0.6) is 0 Å². The third kappa shape index (κ3) is 7.44. The molecule has 31 heavy (non-hydrogen) atoms. The van der Waals surface area contributed by atoms with Gasteiger partial charge in [0.2, 0.25) is 11.8 Å². The van der Waals surface area contributed by atoms with Crippen LogP contribution in [0.1, 0.15) is 44.6 Å². The van der Waals surface area contributed by atoms with Gasteiger partial charge in [-0.2, -0.15) is 0 Å². The Morgan fingerprint density at radius 3 is 2.23 bits per heavy atom. The van der Waals surface area contributed by atoms with Crippen LogP contribution in [0.2, 0.25) is 10.0 Å². The largest absolute Gasteiger partial charge is 0.352 e. The average Bonchev–Trinajstić information content (AvgIpc) is 3.27. The summed E-state index contributed by atoms with van der Waals surface area (Å²) >= 11 is 13.5. The van der Waals surface area contributed by atoms with Crippen LogP contribution in [0.15, 0.2) is 53.4 Å². The van der Waals surface area contributed by atoms with E-state index >= 15 is 0 Å². The van der Waals surface area contributed by atoms with Crippen molar-refractivity contribution >= 4 is 46.8 Å². The maximum absolute atomic E-state index is 13.1. The quantitative estimate of drug-likeness (QED) is 0.452. The van der Waals surface area contributed by atoms with Gasteiger partial charge in [0.1, 0.15) is 6.04 Å². The monoisotopic (exact) mass is 478 g/mol. The third-order valence-corrected chi connectivity index (χ3v) is 7.05. The minimum absolute atomic E-state index is 0.0366. The predicted molar refractivity (Wildman–Crippen MR) is 129 cm³/mol. The lowest BCUT2D eigenvalue weighted by atomic mass is 10.1. The lowest BCUT2D eigenvalue weighted by Gasteiger charge is -2.30. The second kappa shape index (κ2) is 11.8. The van der Waals surface area contributed by atoms with Gasteiger partial charge in [-0.05, 0) is 61.7 Å². The van der Waals surface area contributed by atoms with Crippen molar-refractivity contribution in [2.75, 3.05) is 5.75 Å². The van der Waals surface area contributed by atoms with E-state index < -0.39 is 6.04 Å². The summed E-state index contributed by atoms with van der Waals surface area (Å²) < 4.78 is 0. The molecule has 3 rings (SSSR count). The molecule has 7 heteroatoms. The third-order valence-electron chi connectivity index (χ3n) is 5.53. The van der Waals surface area contributed by atoms with Crippen LogP contribution in [-0.4, -0.2) is 34.6 Å². The van der Waals surface area contributed by atoms with Gasteiger partial charge in [0.15, 0.2) is 0 Å². The van der Waals surface area contributed by atoms with E-state index in [1.165, 1.54) is 0 Å². The van der Waals surface area contributed by atoms with Gasteiger partial charge in [0.05, 0.1) is 0 Å². The van der Waals surface area contributed by atoms with Crippen LogP contribution < -0.4 is 5.32 Å². The van der Waals surface area contributed by atoms with Crippen LogP contribution in [-0.2, 0) is 16.1 Å². The SMILES string of the molecule is C[C@@H](C(=O)NC1CCCC1)N(Cc1ccc(Cl)cc1)C(=O)CCSc1ccc(Cl)cc1. The van der Waals surface area contributed by atoms with Gasteiger partial charge in [-0.15, -0.1) is 11.8 Å². The molecule has 2 aromatic carbocycles. The van der Waals surface area contributed by atoms with Gasteiger partial charge in [-0.25, -0.2) is 0 Å². The number of carbonyl (C=O) groups is 2. The molecule has 4 nitrogen and oxygen atoms in total. The van der Waals surface area contributed by atoms with Crippen molar-refractivity contribution in [2.45, 2.75) is 62.6 Å². The molecule has 166 valence electrons. The van der Waals surface area contributed by atoms with E-state index in [9.17, 15) is 9.59 Å². The summed E-state index contributed by atoms with van der Waals surface area (Å²) in [6.45, 7) is 2.19. The van der Waals surface area contributed by atoms with E-state index in [1.54, 1.807) is 28.8 Å². The normalized spacial score (nSPS) is 14.9. The molecular formula is C24H28Cl2N2O2S. The van der Waals surface area contributed by atoms with Gasteiger partial charge >= 0.3 is 0 Å². The van der Waals surface area contributed by atoms with Crippen LogP contribution in [0.25, 0.3) is 0 Å². The lowest BCUT2D eigenvalue weighted by molar-refractivity contribution is -0.140. The number of halogens is 2. The Morgan fingerprint density at radius 1 is 1.03 bits per heavy atom. The molecule has 1 fully saturated rings. The van der Waals surface area contributed by atoms with Crippen LogP contribution in [0.3, 0.4) is 0 Å². The van der Waals surface area contributed by atoms with Gasteiger partial charge in [-0.1, -0.05) is 48.2 Å². The summed E-state index contributed by atoms with van der Waals surface area (Å²) in [5.41, 5.74) is 0.948. The van der Waals surface area contributed by atoms with Crippen LogP contribution in [0.4, 0.5) is 0 Å². The fourth-order valence-corrected chi connectivity index (χ4v) is 4.78. The van der Waals surface area contributed by atoms with Crippen molar-refractivity contribution in [1.82, 2.24) is 10.2 Å². The number of amides is 2. The molecule has 0 spiro atoms. The summed E-state index contributed by atoms with van der Waals surface area (Å²) in [5, 5.41) is 4.46. The highest BCUT2D eigenvalue weighted by molar-refractivity contribution is 7.99. The number of carbonyl (C=O) groups excluding carboxylic acids is 2. The van der Waals surface area contributed by atoms with E-state index in [-0.39, 0.29) is 17.9 Å². The van der Waals surface area contributed by atoms with E-state index in [0.717, 1.165) is 36.1 Å². The number of benzene rings is 2. The molecule has 1 aliphatic rings. The number of hydrogen-bond donors (Lipinski definition) is 1. The molecule has 0 heterocycles. The molecule has 1 saturated carbocycles. The number of rotatable bonds is 9. The smallest absolute Gasteiger partial charge is 0.242 e. The van der Waals surface area contributed by atoms with Crippen LogP contribution >= 0.6 is 35.0 Å². The molecular weight excluding hydrogens is 451 g/mol. The number of thioether (sulfide) groups is 1. The minimum atomic E-state index is -0.538. The fourth-order valence-electron chi connectivity index (χ4n) is 3.69. The van der Waals surface area contributed by atoms with Crippen molar-refractivity contribution in [2.24, 2.45) is 0 Å². The Bertz CT molecular complexity index is 868. The van der Waals surface area contributed by atoms with Crippen molar-refractivity contribution in [3.8, 4) is 0 Å². The highest BCUT2D eigenvalue weighted by Gasteiger charge is 2.28. The molecule has 1 atom stereocenters. The van der Waals surface area contributed by atoms with Gasteiger partial charge < -0.3 is 10.2 Å². The number of hydrogen-bond acceptors (Lipinski definition) is 3. The maximum atomic E-state index is 13.1. The molecule has 0 unspecified atom stereocenters. The summed E-state index contributed by atoms with van der Waals surface area (Å²) in [4.78, 5) is 28.7. The summed E-state index contributed by atoms with van der Waals surface area (Å²) in [6, 6.07) is 14.7. The standard InChI is InChI=1S/C24H28Cl2N2O2S/c1-17(24(30)27-21-4-2-3-5-21)28(16-18-6-8-19(25)9-7-18)23(29)14-15-31-22-12-10-20(26)11-13-22/h6-13,17,21H,2-5,14-16H2,1H3,(H,27,30)/t17-/m0/s1. The zero-order valence-corrected chi connectivity index (χ0v) is 20.0. The zero-order valence-electron chi connectivity index (χ0n) is 17.7. The molecule has 0 saturated heterocycles. The Hall–Kier alpha value is -1.69. The first-order valence-corrected chi connectivity index (χ1v) is 12.4. The van der Waals surface area contributed by atoms with E-state index in [1.807, 2.05) is 43.3 Å². The first-order valence-electron chi connectivity index (χ1n) is 10.6. The molecule has 1 N–H and O–H groups in total. The molecule has 2 aromatic rings. The second-order valence-electron chi connectivity index (χ2n) is 7.87. The van der Waals surface area contributed by atoms with Crippen molar-refractivity contribution < 1.29 is 9.59 Å². The number of nitrogens with zero attached hydrogens (tertiary/aromatic N) is 1. The molecule has 1 aliphatic carbocycles. The van der Waals surface area contributed by atoms with E-state index in [0.29, 0.717) is 28.8 Å². The Labute approximate surface area is 198 Å². The topological polar surface area (TPSA) is 49.4 Å². The first kappa shape index (κ1) is 24.0. The molecule has 0 aliphatic heterocycles. The van der Waals surface area contributed by atoms with Crippen LogP contribution in [0, 0.1) is 0 Å². The molecule has 0 radical (unpaired) electrons. The lowest BCUT2D eigenvalue weighted by Crippen LogP contribution is -2.49. The van der Waals surface area contributed by atoms with E-state index in [4.69, 9.17) is 23.2 Å².